The first-order chi connectivity index (χ1) is 10.1. The average Bonchev–Trinajstić information content (AvgIpc) is 2.47. The van der Waals surface area contributed by atoms with E-state index in [0.29, 0.717) is 17.3 Å². The summed E-state index contributed by atoms with van der Waals surface area (Å²) in [7, 11) is 0. The van der Waals surface area contributed by atoms with Gasteiger partial charge in [-0.1, -0.05) is 29.8 Å². The molecule has 1 amide bonds. The first kappa shape index (κ1) is 15.7. The van der Waals surface area contributed by atoms with E-state index in [9.17, 15) is 4.79 Å². The maximum absolute atomic E-state index is 10.8. The van der Waals surface area contributed by atoms with Gasteiger partial charge in [0.25, 0.3) is 5.91 Å². The Morgan fingerprint density at radius 3 is 2.76 bits per heavy atom. The number of benzene rings is 2. The number of nitrogens with one attached hydrogen (secondary N) is 1. The minimum absolute atomic E-state index is 0.138. The van der Waals surface area contributed by atoms with Crippen molar-refractivity contribution in [2.75, 3.05) is 11.9 Å². The Morgan fingerprint density at radius 1 is 1.29 bits per heavy atom. The van der Waals surface area contributed by atoms with Crippen molar-refractivity contribution in [1.29, 1.82) is 0 Å². The number of anilines is 1. The van der Waals surface area contributed by atoms with E-state index < -0.39 is 5.91 Å². The quantitative estimate of drug-likeness (QED) is 0.818. The van der Waals surface area contributed by atoms with E-state index in [1.165, 1.54) is 0 Å². The van der Waals surface area contributed by atoms with Crippen molar-refractivity contribution in [3.05, 3.63) is 57.5 Å². The number of ether oxygens (including phenoxy) is 1. The molecule has 0 unspecified atom stereocenters. The van der Waals surface area contributed by atoms with Gasteiger partial charge in [0.05, 0.1) is 5.02 Å². The highest BCUT2D eigenvalue weighted by molar-refractivity contribution is 9.10. The molecule has 0 radical (unpaired) electrons. The summed E-state index contributed by atoms with van der Waals surface area (Å²) in [6.07, 6.45) is 0. The topological polar surface area (TPSA) is 64.4 Å². The van der Waals surface area contributed by atoms with Crippen LogP contribution in [0.15, 0.2) is 46.9 Å². The highest BCUT2D eigenvalue weighted by Crippen LogP contribution is 2.26. The number of nitrogens with two attached hydrogens (primary N) is 1. The summed E-state index contributed by atoms with van der Waals surface area (Å²) in [4.78, 5) is 10.8. The zero-order valence-corrected chi connectivity index (χ0v) is 13.4. The monoisotopic (exact) mass is 368 g/mol. The van der Waals surface area contributed by atoms with Crippen molar-refractivity contribution in [1.82, 2.24) is 0 Å². The summed E-state index contributed by atoms with van der Waals surface area (Å²) in [5.41, 5.74) is 6.91. The van der Waals surface area contributed by atoms with Gasteiger partial charge in [-0.2, -0.15) is 0 Å². The third kappa shape index (κ3) is 4.65. The fraction of sp³-hybridized carbons (Fsp3) is 0.133. The standard InChI is InChI=1S/C15H14BrClN2O2/c16-12-6-5-11(7-13(12)17)19-8-10-3-1-2-4-14(10)21-9-15(18)20/h1-7,19H,8-9H2,(H2,18,20). The van der Waals surface area contributed by atoms with Crippen LogP contribution in [0.3, 0.4) is 0 Å². The molecular weight excluding hydrogens is 356 g/mol. The molecule has 2 rings (SSSR count). The molecule has 0 spiro atoms. The van der Waals surface area contributed by atoms with Crippen molar-refractivity contribution in [3.8, 4) is 5.75 Å². The lowest BCUT2D eigenvalue weighted by atomic mass is 10.2. The first-order valence-corrected chi connectivity index (χ1v) is 7.41. The lowest BCUT2D eigenvalue weighted by Gasteiger charge is -2.12. The molecule has 2 aromatic rings. The highest BCUT2D eigenvalue weighted by Gasteiger charge is 2.05. The van der Waals surface area contributed by atoms with Gasteiger partial charge in [0.15, 0.2) is 6.61 Å². The fourth-order valence-corrected chi connectivity index (χ4v) is 2.17. The van der Waals surface area contributed by atoms with Crippen LogP contribution in [-0.4, -0.2) is 12.5 Å². The van der Waals surface area contributed by atoms with Gasteiger partial charge in [-0.3, -0.25) is 4.79 Å². The van der Waals surface area contributed by atoms with E-state index in [1.807, 2.05) is 36.4 Å². The van der Waals surface area contributed by atoms with E-state index in [4.69, 9.17) is 22.1 Å². The Hall–Kier alpha value is -1.72. The van der Waals surface area contributed by atoms with Crippen LogP contribution in [0.1, 0.15) is 5.56 Å². The van der Waals surface area contributed by atoms with E-state index in [0.717, 1.165) is 15.7 Å². The lowest BCUT2D eigenvalue weighted by Crippen LogP contribution is -2.20. The first-order valence-electron chi connectivity index (χ1n) is 6.24. The zero-order chi connectivity index (χ0) is 15.2. The van der Waals surface area contributed by atoms with Crippen molar-refractivity contribution in [3.63, 3.8) is 0 Å². The summed E-state index contributed by atoms with van der Waals surface area (Å²) in [6, 6.07) is 13.1. The van der Waals surface area contributed by atoms with Crippen LogP contribution in [0.25, 0.3) is 0 Å². The van der Waals surface area contributed by atoms with Gasteiger partial charge in [0.1, 0.15) is 5.75 Å². The summed E-state index contributed by atoms with van der Waals surface area (Å²) >= 11 is 9.40. The lowest BCUT2D eigenvalue weighted by molar-refractivity contribution is -0.119. The molecule has 21 heavy (non-hydrogen) atoms. The third-order valence-corrected chi connectivity index (χ3v) is 3.98. The molecule has 4 nitrogen and oxygen atoms in total. The molecule has 6 heteroatoms. The van der Waals surface area contributed by atoms with Crippen LogP contribution in [-0.2, 0) is 11.3 Å². The van der Waals surface area contributed by atoms with Crippen LogP contribution in [0, 0.1) is 0 Å². The van der Waals surface area contributed by atoms with Gasteiger partial charge in [-0.05, 0) is 40.2 Å². The third-order valence-electron chi connectivity index (χ3n) is 2.75. The van der Waals surface area contributed by atoms with Crippen LogP contribution in [0.5, 0.6) is 5.75 Å². The smallest absolute Gasteiger partial charge is 0.255 e. The molecule has 0 aliphatic heterocycles. The van der Waals surface area contributed by atoms with E-state index in [1.54, 1.807) is 6.07 Å². The predicted molar refractivity (Wildman–Crippen MR) is 87.6 cm³/mol. The minimum Gasteiger partial charge on any atom is -0.483 e. The van der Waals surface area contributed by atoms with Crippen molar-refractivity contribution in [2.45, 2.75) is 6.54 Å². The average molecular weight is 370 g/mol. The molecule has 0 bridgehead atoms. The van der Waals surface area contributed by atoms with E-state index in [-0.39, 0.29) is 6.61 Å². The van der Waals surface area contributed by atoms with E-state index >= 15 is 0 Å². The van der Waals surface area contributed by atoms with Crippen LogP contribution in [0.2, 0.25) is 5.02 Å². The van der Waals surface area contributed by atoms with Crippen molar-refractivity contribution in [2.24, 2.45) is 5.73 Å². The Labute approximate surface area is 136 Å². The van der Waals surface area contributed by atoms with Gasteiger partial charge in [-0.25, -0.2) is 0 Å². The van der Waals surface area contributed by atoms with Crippen LogP contribution < -0.4 is 15.8 Å². The predicted octanol–water partition coefficient (Wildman–Crippen LogP) is 3.58. The minimum atomic E-state index is -0.502. The number of halogens is 2. The molecule has 0 saturated heterocycles. The van der Waals surface area contributed by atoms with Crippen molar-refractivity contribution < 1.29 is 9.53 Å². The second-order valence-electron chi connectivity index (χ2n) is 4.35. The maximum atomic E-state index is 10.8. The number of para-hydroxylation sites is 1. The van der Waals surface area contributed by atoms with Gasteiger partial charge in [-0.15, -0.1) is 0 Å². The zero-order valence-electron chi connectivity index (χ0n) is 11.1. The molecule has 0 aliphatic rings. The Bertz CT molecular complexity index is 649. The van der Waals surface area contributed by atoms with Crippen LogP contribution in [0.4, 0.5) is 5.69 Å². The molecule has 2 aromatic carbocycles. The maximum Gasteiger partial charge on any atom is 0.255 e. The van der Waals surface area contributed by atoms with Gasteiger partial charge in [0, 0.05) is 22.3 Å². The summed E-state index contributed by atoms with van der Waals surface area (Å²) in [5.74, 6) is 0.129. The SMILES string of the molecule is NC(=O)COc1ccccc1CNc1ccc(Br)c(Cl)c1. The number of hydrogen-bond donors (Lipinski definition) is 2. The number of carbonyl (C=O) groups excluding carboxylic acids is 1. The van der Waals surface area contributed by atoms with Crippen LogP contribution >= 0.6 is 27.5 Å². The fourth-order valence-electron chi connectivity index (χ4n) is 1.74. The highest BCUT2D eigenvalue weighted by atomic mass is 79.9. The molecule has 0 saturated carbocycles. The second kappa shape index (κ2) is 7.33. The largest absolute Gasteiger partial charge is 0.483 e. The molecule has 0 fully saturated rings. The second-order valence-corrected chi connectivity index (χ2v) is 5.61. The molecule has 3 N–H and O–H groups in total. The Morgan fingerprint density at radius 2 is 2.05 bits per heavy atom. The number of hydrogen-bond acceptors (Lipinski definition) is 3. The Balaban J connectivity index is 2.05. The number of primary amides is 1. The van der Waals surface area contributed by atoms with Gasteiger partial charge in [0.2, 0.25) is 0 Å². The molecule has 0 atom stereocenters. The Kier molecular flexibility index (Phi) is 5.47. The molecule has 0 aliphatic carbocycles. The number of amides is 1. The van der Waals surface area contributed by atoms with Gasteiger partial charge < -0.3 is 15.8 Å². The van der Waals surface area contributed by atoms with Crippen molar-refractivity contribution >= 4 is 39.1 Å². The molecule has 0 heterocycles. The number of carbonyl (C=O) groups is 1. The summed E-state index contributed by atoms with van der Waals surface area (Å²) in [5, 5.41) is 3.89. The molecule has 0 aromatic heterocycles. The summed E-state index contributed by atoms with van der Waals surface area (Å²) in [6.45, 7) is 0.411. The van der Waals surface area contributed by atoms with Gasteiger partial charge >= 0.3 is 0 Å². The molecule has 110 valence electrons. The summed E-state index contributed by atoms with van der Waals surface area (Å²) < 4.78 is 6.23. The normalized spacial score (nSPS) is 10.2. The van der Waals surface area contributed by atoms with E-state index in [2.05, 4.69) is 21.2 Å². The number of rotatable bonds is 6. The molecular formula is C15H14BrClN2O2.